The van der Waals surface area contributed by atoms with Gasteiger partial charge in [0.1, 0.15) is 16.8 Å². The molecule has 0 aliphatic rings. The Morgan fingerprint density at radius 2 is 2.11 bits per heavy atom. The molecule has 0 aliphatic heterocycles. The molecule has 0 fully saturated rings. The predicted molar refractivity (Wildman–Crippen MR) is 65.3 cm³/mol. The zero-order valence-corrected chi connectivity index (χ0v) is 10.3. The van der Waals surface area contributed by atoms with Gasteiger partial charge in [-0.15, -0.1) is 0 Å². The van der Waals surface area contributed by atoms with Crippen LogP contribution in [0.2, 0.25) is 0 Å². The number of anilines is 1. The first kappa shape index (κ1) is 12.1. The first-order chi connectivity index (χ1) is 8.54. The van der Waals surface area contributed by atoms with Gasteiger partial charge in [-0.05, 0) is 19.1 Å². The average Bonchev–Trinajstić information content (AvgIpc) is 2.74. The monoisotopic (exact) mass is 262 g/mol. The van der Waals surface area contributed by atoms with Crippen LogP contribution in [0.4, 0.5) is 5.82 Å². The molecule has 0 radical (unpaired) electrons. The van der Waals surface area contributed by atoms with E-state index in [4.69, 9.17) is 5.26 Å². The third-order valence-electron chi connectivity index (χ3n) is 2.36. The largest absolute Gasteiger partial charge is 0.264 e. The standard InChI is InChI=1S/C11H10N4O2S/c1-8-7-13-14-11(8)15-18(16,17)10-5-3-2-4-9(10)6-12/h2-5,7H,1H3,(H2,13,14,15). The minimum atomic E-state index is -3.79. The highest BCUT2D eigenvalue weighted by molar-refractivity contribution is 7.92. The highest BCUT2D eigenvalue weighted by atomic mass is 32.2. The molecule has 1 heterocycles. The summed E-state index contributed by atoms with van der Waals surface area (Å²) >= 11 is 0. The molecule has 1 aromatic heterocycles. The van der Waals surface area contributed by atoms with Crippen molar-refractivity contribution in [3.05, 3.63) is 41.6 Å². The van der Waals surface area contributed by atoms with Gasteiger partial charge in [-0.1, -0.05) is 12.1 Å². The van der Waals surface area contributed by atoms with Gasteiger partial charge < -0.3 is 0 Å². The number of sulfonamides is 1. The summed E-state index contributed by atoms with van der Waals surface area (Å²) in [4.78, 5) is -0.0542. The second kappa shape index (κ2) is 4.50. The van der Waals surface area contributed by atoms with E-state index in [1.54, 1.807) is 19.1 Å². The number of hydrogen-bond acceptors (Lipinski definition) is 4. The zero-order valence-electron chi connectivity index (χ0n) is 9.51. The van der Waals surface area contributed by atoms with Gasteiger partial charge in [0.05, 0.1) is 11.8 Å². The number of rotatable bonds is 3. The summed E-state index contributed by atoms with van der Waals surface area (Å²) in [7, 11) is -3.79. The van der Waals surface area contributed by atoms with Crippen LogP contribution in [0.3, 0.4) is 0 Å². The van der Waals surface area contributed by atoms with Crippen LogP contribution in [0.5, 0.6) is 0 Å². The van der Waals surface area contributed by atoms with Gasteiger partial charge >= 0.3 is 0 Å². The van der Waals surface area contributed by atoms with E-state index in [9.17, 15) is 8.42 Å². The Morgan fingerprint density at radius 1 is 1.39 bits per heavy atom. The molecule has 1 aromatic carbocycles. The highest BCUT2D eigenvalue weighted by Gasteiger charge is 2.19. The Bertz CT molecular complexity index is 713. The lowest BCUT2D eigenvalue weighted by Gasteiger charge is -2.07. The molecule has 6 nitrogen and oxygen atoms in total. The van der Waals surface area contributed by atoms with Crippen molar-refractivity contribution in [1.29, 1.82) is 5.26 Å². The first-order valence-corrected chi connectivity index (χ1v) is 6.55. The summed E-state index contributed by atoms with van der Waals surface area (Å²) in [5.41, 5.74) is 0.773. The van der Waals surface area contributed by atoms with Crippen molar-refractivity contribution in [3.8, 4) is 6.07 Å². The van der Waals surface area contributed by atoms with Crippen LogP contribution in [-0.2, 0) is 10.0 Å². The fraction of sp³-hybridized carbons (Fsp3) is 0.0909. The molecule has 18 heavy (non-hydrogen) atoms. The van der Waals surface area contributed by atoms with Crippen molar-refractivity contribution in [2.24, 2.45) is 0 Å². The van der Waals surface area contributed by atoms with E-state index in [0.29, 0.717) is 11.4 Å². The Hall–Kier alpha value is -2.33. The summed E-state index contributed by atoms with van der Waals surface area (Å²) in [6, 6.07) is 7.86. The SMILES string of the molecule is Cc1cn[nH]c1NS(=O)(=O)c1ccccc1C#N. The summed E-state index contributed by atoms with van der Waals surface area (Å²) in [5, 5.41) is 15.2. The zero-order chi connectivity index (χ0) is 13.2. The number of hydrogen-bond donors (Lipinski definition) is 2. The molecule has 0 unspecified atom stereocenters. The molecule has 2 aromatic rings. The molecule has 92 valence electrons. The quantitative estimate of drug-likeness (QED) is 0.873. The van der Waals surface area contributed by atoms with Crippen molar-refractivity contribution in [3.63, 3.8) is 0 Å². The lowest BCUT2D eigenvalue weighted by molar-refractivity contribution is 0.600. The number of aromatic amines is 1. The average molecular weight is 262 g/mol. The van der Waals surface area contributed by atoms with Crippen LogP contribution in [0, 0.1) is 18.3 Å². The molecule has 7 heteroatoms. The fourth-order valence-electron chi connectivity index (χ4n) is 1.43. The molecular formula is C11H10N4O2S. The number of nitrogens with zero attached hydrogens (tertiary/aromatic N) is 2. The molecule has 2 rings (SSSR count). The summed E-state index contributed by atoms with van der Waals surface area (Å²) < 4.78 is 26.6. The maximum absolute atomic E-state index is 12.1. The Labute approximate surface area is 104 Å². The fourth-order valence-corrected chi connectivity index (χ4v) is 2.68. The van der Waals surface area contributed by atoms with E-state index < -0.39 is 10.0 Å². The smallest absolute Gasteiger partial charge is 0.263 e. The number of aromatic nitrogens is 2. The van der Waals surface area contributed by atoms with Gasteiger partial charge in [-0.2, -0.15) is 10.4 Å². The number of nitrogens with one attached hydrogen (secondary N) is 2. The normalized spacial score (nSPS) is 10.9. The molecule has 0 saturated heterocycles. The van der Waals surface area contributed by atoms with Crippen molar-refractivity contribution >= 4 is 15.8 Å². The second-order valence-corrected chi connectivity index (χ2v) is 5.29. The van der Waals surface area contributed by atoms with Crippen molar-refractivity contribution in [2.75, 3.05) is 4.72 Å². The summed E-state index contributed by atoms with van der Waals surface area (Å²) in [5.74, 6) is 0.294. The maximum Gasteiger partial charge on any atom is 0.264 e. The topological polar surface area (TPSA) is 98.6 Å². The molecule has 0 atom stereocenters. The number of nitriles is 1. The maximum atomic E-state index is 12.1. The van der Waals surface area contributed by atoms with Crippen LogP contribution in [0.15, 0.2) is 35.4 Å². The Balaban J connectivity index is 2.44. The van der Waals surface area contributed by atoms with E-state index in [1.807, 2.05) is 6.07 Å². The van der Waals surface area contributed by atoms with E-state index in [0.717, 1.165) is 0 Å². The first-order valence-electron chi connectivity index (χ1n) is 5.06. The molecular weight excluding hydrogens is 252 g/mol. The van der Waals surface area contributed by atoms with Crippen molar-refractivity contribution in [2.45, 2.75) is 11.8 Å². The number of benzene rings is 1. The van der Waals surface area contributed by atoms with Gasteiger partial charge in [0.25, 0.3) is 10.0 Å². The van der Waals surface area contributed by atoms with Crippen LogP contribution < -0.4 is 4.72 Å². The highest BCUT2D eigenvalue weighted by Crippen LogP contribution is 2.19. The van der Waals surface area contributed by atoms with Gasteiger partial charge in [0.2, 0.25) is 0 Å². The molecule has 2 N–H and O–H groups in total. The molecule has 0 aliphatic carbocycles. The van der Waals surface area contributed by atoms with Crippen LogP contribution >= 0.6 is 0 Å². The molecule has 0 spiro atoms. The van der Waals surface area contributed by atoms with Crippen LogP contribution in [0.25, 0.3) is 0 Å². The summed E-state index contributed by atoms with van der Waals surface area (Å²) in [6.07, 6.45) is 1.51. The van der Waals surface area contributed by atoms with E-state index in [2.05, 4.69) is 14.9 Å². The number of aryl methyl sites for hydroxylation is 1. The molecule has 0 amide bonds. The predicted octanol–water partition coefficient (Wildman–Crippen LogP) is 1.39. The van der Waals surface area contributed by atoms with Gasteiger partial charge in [-0.3, -0.25) is 9.82 Å². The van der Waals surface area contributed by atoms with E-state index in [1.165, 1.54) is 18.3 Å². The van der Waals surface area contributed by atoms with E-state index >= 15 is 0 Å². The van der Waals surface area contributed by atoms with Crippen molar-refractivity contribution < 1.29 is 8.42 Å². The van der Waals surface area contributed by atoms with Crippen LogP contribution in [-0.4, -0.2) is 18.6 Å². The third kappa shape index (κ3) is 2.19. The van der Waals surface area contributed by atoms with Gasteiger partial charge in [-0.25, -0.2) is 8.42 Å². The van der Waals surface area contributed by atoms with Crippen LogP contribution in [0.1, 0.15) is 11.1 Å². The number of H-pyrrole nitrogens is 1. The Kier molecular flexibility index (Phi) is 3.04. The minimum Gasteiger partial charge on any atom is -0.263 e. The lowest BCUT2D eigenvalue weighted by atomic mass is 10.2. The molecule has 0 bridgehead atoms. The third-order valence-corrected chi connectivity index (χ3v) is 3.77. The molecule has 0 saturated carbocycles. The van der Waals surface area contributed by atoms with Crippen molar-refractivity contribution in [1.82, 2.24) is 10.2 Å². The van der Waals surface area contributed by atoms with Gasteiger partial charge in [0.15, 0.2) is 0 Å². The second-order valence-electron chi connectivity index (χ2n) is 3.64. The van der Waals surface area contributed by atoms with Gasteiger partial charge in [0, 0.05) is 5.56 Å². The summed E-state index contributed by atoms with van der Waals surface area (Å²) in [6.45, 7) is 1.72. The lowest BCUT2D eigenvalue weighted by Crippen LogP contribution is -2.15. The minimum absolute atomic E-state index is 0.0542. The Morgan fingerprint density at radius 3 is 2.72 bits per heavy atom. The van der Waals surface area contributed by atoms with E-state index in [-0.39, 0.29) is 10.5 Å².